The molecule has 0 radical (unpaired) electrons. The molecule has 2 aromatic rings. The molecule has 1 saturated carbocycles. The van der Waals surface area contributed by atoms with Crippen LogP contribution in [-0.4, -0.2) is 33.7 Å². The topological polar surface area (TPSA) is 72.8 Å². The Labute approximate surface area is 160 Å². The van der Waals surface area contributed by atoms with Crippen molar-refractivity contribution < 1.29 is 15.0 Å². The van der Waals surface area contributed by atoms with Crippen molar-refractivity contribution in [1.82, 2.24) is 10.2 Å². The smallest absolute Gasteiger partial charge is 0.317 e. The molecule has 144 valence electrons. The quantitative estimate of drug-likeness (QED) is 0.734. The third-order valence-electron chi connectivity index (χ3n) is 5.38. The van der Waals surface area contributed by atoms with Gasteiger partial charge < -0.3 is 20.4 Å². The lowest BCUT2D eigenvalue weighted by Gasteiger charge is -2.37. The van der Waals surface area contributed by atoms with Crippen LogP contribution in [0.25, 0.3) is 0 Å². The minimum absolute atomic E-state index is 0.0164. The summed E-state index contributed by atoms with van der Waals surface area (Å²) in [5, 5.41) is 22.6. The molecule has 1 aliphatic rings. The van der Waals surface area contributed by atoms with E-state index < -0.39 is 0 Å². The second kappa shape index (κ2) is 8.80. The van der Waals surface area contributed by atoms with Gasteiger partial charge in [-0.25, -0.2) is 4.79 Å². The van der Waals surface area contributed by atoms with Crippen LogP contribution in [0.15, 0.2) is 48.5 Å². The van der Waals surface area contributed by atoms with Gasteiger partial charge in [-0.1, -0.05) is 36.4 Å². The van der Waals surface area contributed by atoms with E-state index in [1.54, 1.807) is 12.1 Å². The number of phenolic OH excluding ortho intramolecular Hbond substituents is 2. The molecular weight excluding hydrogens is 340 g/mol. The molecule has 5 heteroatoms. The van der Waals surface area contributed by atoms with Crippen molar-refractivity contribution >= 4 is 6.03 Å². The van der Waals surface area contributed by atoms with Gasteiger partial charge in [0.25, 0.3) is 0 Å². The monoisotopic (exact) mass is 368 g/mol. The molecule has 0 bridgehead atoms. The molecule has 0 unspecified atom stereocenters. The third kappa shape index (κ3) is 4.73. The highest BCUT2D eigenvalue weighted by molar-refractivity contribution is 5.74. The number of aromatic hydroxyl groups is 2. The number of urea groups is 1. The van der Waals surface area contributed by atoms with Crippen molar-refractivity contribution in [3.63, 3.8) is 0 Å². The lowest BCUT2D eigenvalue weighted by Crippen LogP contribution is -2.46. The molecule has 5 nitrogen and oxygen atoms in total. The highest BCUT2D eigenvalue weighted by atomic mass is 16.3. The van der Waals surface area contributed by atoms with Gasteiger partial charge in [0, 0.05) is 25.2 Å². The number of hydrogen-bond acceptors (Lipinski definition) is 3. The maximum atomic E-state index is 12.6. The van der Waals surface area contributed by atoms with E-state index in [1.807, 2.05) is 42.2 Å². The average molecular weight is 368 g/mol. The fourth-order valence-electron chi connectivity index (χ4n) is 3.98. The summed E-state index contributed by atoms with van der Waals surface area (Å²) < 4.78 is 0. The summed E-state index contributed by atoms with van der Waals surface area (Å²) in [6, 6.07) is 15.1. The second-order valence-electron chi connectivity index (χ2n) is 7.20. The molecule has 2 aromatic carbocycles. The normalized spacial score (nSPS) is 19.4. The van der Waals surface area contributed by atoms with Gasteiger partial charge in [0.05, 0.1) is 0 Å². The fraction of sp³-hybridized carbons (Fsp3) is 0.409. The van der Waals surface area contributed by atoms with Gasteiger partial charge in [0.1, 0.15) is 11.5 Å². The van der Waals surface area contributed by atoms with Crippen molar-refractivity contribution in [3.8, 4) is 11.5 Å². The average Bonchev–Trinajstić information content (AvgIpc) is 2.67. The van der Waals surface area contributed by atoms with E-state index in [0.717, 1.165) is 36.8 Å². The van der Waals surface area contributed by atoms with Gasteiger partial charge in [-0.15, -0.1) is 0 Å². The van der Waals surface area contributed by atoms with E-state index in [2.05, 4.69) is 5.32 Å². The van der Waals surface area contributed by atoms with E-state index in [0.29, 0.717) is 13.1 Å². The van der Waals surface area contributed by atoms with Crippen LogP contribution in [0.5, 0.6) is 11.5 Å². The molecule has 0 spiro atoms. The number of benzene rings is 2. The Morgan fingerprint density at radius 2 is 1.78 bits per heavy atom. The Morgan fingerprint density at radius 1 is 1.07 bits per heavy atom. The molecule has 3 N–H and O–H groups in total. The Kier molecular flexibility index (Phi) is 6.22. The molecule has 1 aliphatic carbocycles. The molecule has 1 fully saturated rings. The number of carbonyl (C=O) groups excluding carboxylic acids is 1. The largest absolute Gasteiger partial charge is 0.508 e. The van der Waals surface area contributed by atoms with Crippen LogP contribution in [0, 0.1) is 0 Å². The van der Waals surface area contributed by atoms with Crippen molar-refractivity contribution in [2.24, 2.45) is 0 Å². The van der Waals surface area contributed by atoms with E-state index >= 15 is 0 Å². The summed E-state index contributed by atoms with van der Waals surface area (Å²) in [7, 11) is 0. The highest BCUT2D eigenvalue weighted by Crippen LogP contribution is 2.39. The first-order chi connectivity index (χ1) is 13.1. The number of amides is 2. The van der Waals surface area contributed by atoms with Crippen LogP contribution >= 0.6 is 0 Å². The van der Waals surface area contributed by atoms with Crippen molar-refractivity contribution in [2.75, 3.05) is 6.54 Å². The minimum atomic E-state index is -0.0164. The molecule has 0 atom stereocenters. The number of phenols is 2. The van der Waals surface area contributed by atoms with Gasteiger partial charge in [-0.2, -0.15) is 0 Å². The number of nitrogens with zero attached hydrogens (tertiary/aromatic N) is 1. The van der Waals surface area contributed by atoms with E-state index in [-0.39, 0.29) is 29.5 Å². The van der Waals surface area contributed by atoms with Gasteiger partial charge in [0.2, 0.25) is 0 Å². The zero-order chi connectivity index (χ0) is 19.2. The van der Waals surface area contributed by atoms with Crippen molar-refractivity contribution in [3.05, 3.63) is 59.7 Å². The zero-order valence-corrected chi connectivity index (χ0v) is 15.8. The summed E-state index contributed by atoms with van der Waals surface area (Å²) in [6.45, 7) is 3.15. The molecule has 0 aromatic heterocycles. The Morgan fingerprint density at radius 3 is 2.41 bits per heavy atom. The molecular formula is C22H28N2O3. The number of carbonyl (C=O) groups is 1. The lowest BCUT2D eigenvalue weighted by atomic mass is 9.81. The maximum absolute atomic E-state index is 12.6. The summed E-state index contributed by atoms with van der Waals surface area (Å²) in [6.07, 6.45) is 3.62. The summed E-state index contributed by atoms with van der Waals surface area (Å²) in [5.74, 6) is 0.494. The van der Waals surface area contributed by atoms with Gasteiger partial charge in [0.15, 0.2) is 0 Å². The standard InChI is InChI=1S/C22H28N2O3/c1-2-23-22(27)24(15-16-6-4-3-5-7-16)18-10-8-17(9-11-18)20-13-12-19(25)14-21(20)26/h3-7,12-14,17-18,25-26H,2,8-11,15H2,1H3,(H,23,27). The Hall–Kier alpha value is -2.69. The zero-order valence-electron chi connectivity index (χ0n) is 15.8. The van der Waals surface area contributed by atoms with E-state index in [4.69, 9.17) is 0 Å². The summed E-state index contributed by atoms with van der Waals surface area (Å²) in [5.41, 5.74) is 2.01. The van der Waals surface area contributed by atoms with Crippen LogP contribution in [0.1, 0.15) is 49.7 Å². The van der Waals surface area contributed by atoms with Crippen LogP contribution in [0.4, 0.5) is 4.79 Å². The number of nitrogens with one attached hydrogen (secondary N) is 1. The van der Waals surface area contributed by atoms with E-state index in [1.165, 1.54) is 6.07 Å². The first-order valence-corrected chi connectivity index (χ1v) is 9.68. The summed E-state index contributed by atoms with van der Waals surface area (Å²) in [4.78, 5) is 14.6. The first-order valence-electron chi connectivity index (χ1n) is 9.68. The molecule has 0 heterocycles. The summed E-state index contributed by atoms with van der Waals surface area (Å²) >= 11 is 0. The Bertz CT molecular complexity index is 755. The third-order valence-corrected chi connectivity index (χ3v) is 5.38. The predicted octanol–water partition coefficient (Wildman–Crippen LogP) is 4.36. The number of hydrogen-bond donors (Lipinski definition) is 3. The highest BCUT2D eigenvalue weighted by Gasteiger charge is 2.30. The molecule has 0 saturated heterocycles. The molecule has 2 amide bonds. The van der Waals surface area contributed by atoms with Crippen LogP contribution in [-0.2, 0) is 6.54 Å². The van der Waals surface area contributed by atoms with Crippen LogP contribution in [0.2, 0.25) is 0 Å². The van der Waals surface area contributed by atoms with Crippen LogP contribution in [0.3, 0.4) is 0 Å². The fourth-order valence-corrected chi connectivity index (χ4v) is 3.98. The Balaban J connectivity index is 1.69. The number of rotatable bonds is 5. The lowest BCUT2D eigenvalue weighted by molar-refractivity contribution is 0.147. The minimum Gasteiger partial charge on any atom is -0.508 e. The van der Waals surface area contributed by atoms with Gasteiger partial charge in [-0.05, 0) is 55.7 Å². The SMILES string of the molecule is CCNC(=O)N(Cc1ccccc1)C1CCC(c2ccc(O)cc2O)CC1. The van der Waals surface area contributed by atoms with Gasteiger partial charge in [-0.3, -0.25) is 0 Å². The van der Waals surface area contributed by atoms with E-state index in [9.17, 15) is 15.0 Å². The van der Waals surface area contributed by atoms with Gasteiger partial charge >= 0.3 is 6.03 Å². The predicted molar refractivity (Wildman–Crippen MR) is 106 cm³/mol. The molecule has 0 aliphatic heterocycles. The van der Waals surface area contributed by atoms with Crippen molar-refractivity contribution in [2.45, 2.75) is 51.1 Å². The second-order valence-corrected chi connectivity index (χ2v) is 7.20. The molecule has 27 heavy (non-hydrogen) atoms. The maximum Gasteiger partial charge on any atom is 0.317 e. The van der Waals surface area contributed by atoms with Crippen molar-refractivity contribution in [1.29, 1.82) is 0 Å². The first kappa shape index (κ1) is 19.1. The van der Waals surface area contributed by atoms with Crippen LogP contribution < -0.4 is 5.32 Å². The molecule has 3 rings (SSSR count).